The van der Waals surface area contributed by atoms with Gasteiger partial charge in [0.25, 0.3) is 0 Å². The van der Waals surface area contributed by atoms with Gasteiger partial charge in [0.05, 0.1) is 16.8 Å². The number of carbonyl (C=O) groups is 1. The van der Waals surface area contributed by atoms with Crippen molar-refractivity contribution in [3.8, 4) is 5.88 Å². The second-order valence-electron chi connectivity index (χ2n) is 3.72. The summed E-state index contributed by atoms with van der Waals surface area (Å²) in [6.07, 6.45) is 1.27. The summed E-state index contributed by atoms with van der Waals surface area (Å²) in [5.41, 5.74) is 0.930. The third kappa shape index (κ3) is 3.68. The Bertz CT molecular complexity index is 601. The molecule has 19 heavy (non-hydrogen) atoms. The highest BCUT2D eigenvalue weighted by Gasteiger charge is 2.11. The minimum atomic E-state index is -1.11. The van der Waals surface area contributed by atoms with Crippen molar-refractivity contribution < 1.29 is 14.6 Å². The highest BCUT2D eigenvalue weighted by Crippen LogP contribution is 2.20. The van der Waals surface area contributed by atoms with Gasteiger partial charge in [-0.05, 0) is 17.7 Å². The molecule has 1 aromatic heterocycles. The number of pyridine rings is 1. The van der Waals surface area contributed by atoms with Gasteiger partial charge in [-0.15, -0.1) is 0 Å². The lowest BCUT2D eigenvalue weighted by atomic mass is 10.2. The molecule has 98 valence electrons. The predicted molar refractivity (Wildman–Crippen MR) is 74.7 cm³/mol. The van der Waals surface area contributed by atoms with Crippen LogP contribution in [-0.4, -0.2) is 16.1 Å². The van der Waals surface area contributed by atoms with Crippen molar-refractivity contribution in [2.24, 2.45) is 0 Å². The normalized spacial score (nSPS) is 10.2. The standard InChI is InChI=1S/C13H9BrClNO3/c14-9-3-1-8(2-4-9)7-19-12-5-10(13(17)18)11(15)6-16-12/h1-6H,7H2,(H,17,18). The number of rotatable bonds is 4. The number of hydrogen-bond donors (Lipinski definition) is 1. The molecular formula is C13H9BrClNO3. The summed E-state index contributed by atoms with van der Waals surface area (Å²) in [7, 11) is 0. The Morgan fingerprint density at radius 2 is 2.05 bits per heavy atom. The van der Waals surface area contributed by atoms with Crippen LogP contribution in [0, 0.1) is 0 Å². The molecule has 0 amide bonds. The second-order valence-corrected chi connectivity index (χ2v) is 5.05. The summed E-state index contributed by atoms with van der Waals surface area (Å²) in [6.45, 7) is 0.307. The van der Waals surface area contributed by atoms with Crippen molar-refractivity contribution in [3.05, 3.63) is 57.2 Å². The van der Waals surface area contributed by atoms with E-state index in [-0.39, 0.29) is 16.5 Å². The first kappa shape index (κ1) is 13.8. The van der Waals surface area contributed by atoms with Gasteiger partial charge in [0.1, 0.15) is 6.61 Å². The highest BCUT2D eigenvalue weighted by molar-refractivity contribution is 9.10. The van der Waals surface area contributed by atoms with E-state index in [4.69, 9.17) is 21.4 Å². The number of ether oxygens (including phenoxy) is 1. The van der Waals surface area contributed by atoms with Gasteiger partial charge in [0.15, 0.2) is 0 Å². The molecule has 0 atom stereocenters. The Morgan fingerprint density at radius 1 is 1.37 bits per heavy atom. The molecule has 1 heterocycles. The van der Waals surface area contributed by atoms with E-state index in [9.17, 15) is 4.79 Å². The number of halogens is 2. The molecule has 6 heteroatoms. The van der Waals surface area contributed by atoms with E-state index in [2.05, 4.69) is 20.9 Å². The van der Waals surface area contributed by atoms with Crippen LogP contribution >= 0.6 is 27.5 Å². The molecule has 1 N–H and O–H groups in total. The van der Waals surface area contributed by atoms with Gasteiger partial charge in [-0.1, -0.05) is 39.7 Å². The topological polar surface area (TPSA) is 59.4 Å². The van der Waals surface area contributed by atoms with Crippen LogP contribution in [0.15, 0.2) is 41.0 Å². The lowest BCUT2D eigenvalue weighted by Gasteiger charge is -2.07. The molecular weight excluding hydrogens is 334 g/mol. The molecule has 0 saturated carbocycles. The maximum Gasteiger partial charge on any atom is 0.337 e. The molecule has 0 aliphatic rings. The van der Waals surface area contributed by atoms with Crippen LogP contribution in [0.5, 0.6) is 5.88 Å². The Hall–Kier alpha value is -1.59. The van der Waals surface area contributed by atoms with Crippen molar-refractivity contribution in [2.45, 2.75) is 6.61 Å². The van der Waals surface area contributed by atoms with Gasteiger partial charge in [0, 0.05) is 10.5 Å². The number of carboxylic acids is 1. The maximum atomic E-state index is 10.9. The fraction of sp³-hybridized carbons (Fsp3) is 0.0769. The van der Waals surface area contributed by atoms with Crippen LogP contribution in [0.4, 0.5) is 0 Å². The van der Waals surface area contributed by atoms with Crippen LogP contribution in [0.1, 0.15) is 15.9 Å². The summed E-state index contributed by atoms with van der Waals surface area (Å²) >= 11 is 9.06. The van der Waals surface area contributed by atoms with E-state index in [1.165, 1.54) is 12.3 Å². The Labute approximate surface area is 123 Å². The Morgan fingerprint density at radius 3 is 2.68 bits per heavy atom. The number of nitrogens with zero attached hydrogens (tertiary/aromatic N) is 1. The molecule has 1 aromatic carbocycles. The fourth-order valence-electron chi connectivity index (χ4n) is 1.40. The number of benzene rings is 1. The quantitative estimate of drug-likeness (QED) is 0.918. The minimum Gasteiger partial charge on any atom is -0.478 e. The minimum absolute atomic E-state index is 0.0255. The van der Waals surface area contributed by atoms with Crippen LogP contribution in [0.3, 0.4) is 0 Å². The van der Waals surface area contributed by atoms with Crippen LogP contribution < -0.4 is 4.74 Å². The van der Waals surface area contributed by atoms with Crippen molar-refractivity contribution in [3.63, 3.8) is 0 Å². The number of carboxylic acid groups (broad SMARTS) is 1. The van der Waals surface area contributed by atoms with E-state index >= 15 is 0 Å². The lowest BCUT2D eigenvalue weighted by Crippen LogP contribution is -2.02. The SMILES string of the molecule is O=C(O)c1cc(OCc2ccc(Br)cc2)ncc1Cl. The van der Waals surface area contributed by atoms with Crippen LogP contribution in [0.2, 0.25) is 5.02 Å². The molecule has 0 spiro atoms. The summed E-state index contributed by atoms with van der Waals surface area (Å²) in [6, 6.07) is 8.91. The largest absolute Gasteiger partial charge is 0.478 e. The summed E-state index contributed by atoms with van der Waals surface area (Å²) in [4.78, 5) is 14.8. The monoisotopic (exact) mass is 341 g/mol. The number of hydrogen-bond acceptors (Lipinski definition) is 3. The number of aromatic nitrogens is 1. The molecule has 4 nitrogen and oxygen atoms in total. The summed E-state index contributed by atoms with van der Waals surface area (Å²) in [5, 5.41) is 9.02. The molecule has 0 aliphatic heterocycles. The van der Waals surface area contributed by atoms with E-state index in [1.807, 2.05) is 24.3 Å². The molecule has 0 bridgehead atoms. The van der Waals surface area contributed by atoms with Gasteiger partial charge in [0.2, 0.25) is 5.88 Å². The van der Waals surface area contributed by atoms with Crippen molar-refractivity contribution >= 4 is 33.5 Å². The second kappa shape index (κ2) is 6.04. The molecule has 2 rings (SSSR count). The Balaban J connectivity index is 2.09. The van der Waals surface area contributed by atoms with E-state index in [0.717, 1.165) is 10.0 Å². The lowest BCUT2D eigenvalue weighted by molar-refractivity contribution is 0.0696. The van der Waals surface area contributed by atoms with Crippen molar-refractivity contribution in [1.29, 1.82) is 0 Å². The first-order valence-electron chi connectivity index (χ1n) is 5.32. The zero-order chi connectivity index (χ0) is 13.8. The van der Waals surface area contributed by atoms with E-state index < -0.39 is 5.97 Å². The summed E-state index contributed by atoms with van der Waals surface area (Å²) in [5.74, 6) is -0.884. The predicted octanol–water partition coefficient (Wildman–Crippen LogP) is 3.77. The van der Waals surface area contributed by atoms with Crippen molar-refractivity contribution in [2.75, 3.05) is 0 Å². The van der Waals surface area contributed by atoms with Crippen LogP contribution in [-0.2, 0) is 6.61 Å². The van der Waals surface area contributed by atoms with Gasteiger partial charge < -0.3 is 9.84 Å². The first-order valence-corrected chi connectivity index (χ1v) is 6.49. The summed E-state index contributed by atoms with van der Waals surface area (Å²) < 4.78 is 6.41. The smallest absolute Gasteiger partial charge is 0.337 e. The number of aromatic carboxylic acids is 1. The van der Waals surface area contributed by atoms with Gasteiger partial charge >= 0.3 is 5.97 Å². The van der Waals surface area contributed by atoms with Gasteiger partial charge in [-0.3, -0.25) is 0 Å². The molecule has 0 radical (unpaired) electrons. The highest BCUT2D eigenvalue weighted by atomic mass is 79.9. The zero-order valence-electron chi connectivity index (χ0n) is 9.64. The average molecular weight is 343 g/mol. The average Bonchev–Trinajstić information content (AvgIpc) is 2.39. The van der Waals surface area contributed by atoms with Crippen LogP contribution in [0.25, 0.3) is 0 Å². The first-order chi connectivity index (χ1) is 9.06. The third-order valence-electron chi connectivity index (χ3n) is 2.36. The van der Waals surface area contributed by atoms with Crippen molar-refractivity contribution in [1.82, 2.24) is 4.98 Å². The molecule has 2 aromatic rings. The van der Waals surface area contributed by atoms with E-state index in [0.29, 0.717) is 6.61 Å². The fourth-order valence-corrected chi connectivity index (χ4v) is 1.85. The molecule has 0 fully saturated rings. The van der Waals surface area contributed by atoms with E-state index in [1.54, 1.807) is 0 Å². The Kier molecular flexibility index (Phi) is 4.39. The maximum absolute atomic E-state index is 10.9. The molecule has 0 unspecified atom stereocenters. The molecule has 0 aliphatic carbocycles. The van der Waals surface area contributed by atoms with Gasteiger partial charge in [-0.2, -0.15) is 0 Å². The third-order valence-corrected chi connectivity index (χ3v) is 3.19. The van der Waals surface area contributed by atoms with Gasteiger partial charge in [-0.25, -0.2) is 9.78 Å². The zero-order valence-corrected chi connectivity index (χ0v) is 12.0. The molecule has 0 saturated heterocycles.